The third-order valence-electron chi connectivity index (χ3n) is 2.58. The van der Waals surface area contributed by atoms with Gasteiger partial charge < -0.3 is 5.73 Å². The molecule has 8 heteroatoms. The van der Waals surface area contributed by atoms with Gasteiger partial charge in [-0.25, -0.2) is 17.8 Å². The first kappa shape index (κ1) is 14.7. The molecular formula is C12H11BrFN3O2S. The number of aryl methyl sites for hydroxylation is 1. The molecule has 0 aliphatic rings. The van der Waals surface area contributed by atoms with Gasteiger partial charge in [-0.3, -0.25) is 4.72 Å². The lowest BCUT2D eigenvalue weighted by Crippen LogP contribution is -2.16. The predicted octanol–water partition coefficient (Wildman–Crippen LogP) is 2.67. The quantitative estimate of drug-likeness (QED) is 0.881. The van der Waals surface area contributed by atoms with Crippen molar-refractivity contribution in [2.24, 2.45) is 0 Å². The fourth-order valence-electron chi connectivity index (χ4n) is 1.55. The molecule has 0 aliphatic heterocycles. The molecule has 0 bridgehead atoms. The third-order valence-corrected chi connectivity index (χ3v) is 4.41. The van der Waals surface area contributed by atoms with Crippen molar-refractivity contribution in [1.29, 1.82) is 0 Å². The predicted molar refractivity (Wildman–Crippen MR) is 78.3 cm³/mol. The van der Waals surface area contributed by atoms with Gasteiger partial charge in [-0.15, -0.1) is 0 Å². The van der Waals surface area contributed by atoms with Gasteiger partial charge in [0.25, 0.3) is 10.0 Å². The molecule has 0 aliphatic carbocycles. The number of halogens is 2. The van der Waals surface area contributed by atoms with Crippen LogP contribution in [0.15, 0.2) is 39.8 Å². The lowest BCUT2D eigenvalue weighted by Gasteiger charge is -2.12. The summed E-state index contributed by atoms with van der Waals surface area (Å²) in [5.41, 5.74) is 6.32. The molecule has 1 heterocycles. The summed E-state index contributed by atoms with van der Waals surface area (Å²) in [4.78, 5) is 3.59. The number of sulfonamides is 1. The van der Waals surface area contributed by atoms with Gasteiger partial charge in [-0.05, 0) is 46.6 Å². The fraction of sp³-hybridized carbons (Fsp3) is 0.0833. The molecule has 0 fully saturated rings. The second-order valence-electron chi connectivity index (χ2n) is 4.10. The number of hydrogen-bond donors (Lipinski definition) is 2. The second kappa shape index (κ2) is 5.37. The molecule has 0 atom stereocenters. The number of benzene rings is 1. The van der Waals surface area contributed by atoms with Gasteiger partial charge in [0.05, 0.1) is 5.69 Å². The number of nitrogen functional groups attached to an aromatic ring is 1. The summed E-state index contributed by atoms with van der Waals surface area (Å²) in [5.74, 6) is -0.664. The van der Waals surface area contributed by atoms with Crippen LogP contribution in [0.25, 0.3) is 0 Å². The highest BCUT2D eigenvalue weighted by Crippen LogP contribution is 2.25. The largest absolute Gasteiger partial charge is 0.383 e. The molecule has 0 radical (unpaired) electrons. The highest BCUT2D eigenvalue weighted by atomic mass is 79.9. The van der Waals surface area contributed by atoms with Crippen molar-refractivity contribution in [3.05, 3.63) is 46.3 Å². The van der Waals surface area contributed by atoms with Crippen molar-refractivity contribution >= 4 is 37.5 Å². The summed E-state index contributed by atoms with van der Waals surface area (Å²) < 4.78 is 40.5. The first-order valence-electron chi connectivity index (χ1n) is 5.49. The van der Waals surface area contributed by atoms with E-state index in [-0.39, 0.29) is 16.4 Å². The van der Waals surface area contributed by atoms with Crippen LogP contribution in [-0.2, 0) is 10.0 Å². The Hall–Kier alpha value is -1.67. The SMILES string of the molecule is Cc1ccc(F)cc1NS(=O)(=O)c1cc(Br)cnc1N. The van der Waals surface area contributed by atoms with E-state index in [1.165, 1.54) is 24.4 Å². The number of rotatable bonds is 3. The van der Waals surface area contributed by atoms with E-state index >= 15 is 0 Å². The molecular weight excluding hydrogens is 349 g/mol. The Morgan fingerprint density at radius 2 is 2.05 bits per heavy atom. The lowest BCUT2D eigenvalue weighted by atomic mass is 10.2. The maximum absolute atomic E-state index is 13.2. The number of nitrogens with two attached hydrogens (primary N) is 1. The Kier molecular flexibility index (Phi) is 3.96. The number of pyridine rings is 1. The molecule has 1 aromatic carbocycles. The van der Waals surface area contributed by atoms with Gasteiger partial charge in [0.15, 0.2) is 0 Å². The van der Waals surface area contributed by atoms with E-state index in [4.69, 9.17) is 5.73 Å². The number of nitrogens with one attached hydrogen (secondary N) is 1. The Labute approximate surface area is 124 Å². The van der Waals surface area contributed by atoms with E-state index < -0.39 is 15.8 Å². The van der Waals surface area contributed by atoms with E-state index in [1.807, 2.05) is 0 Å². The van der Waals surface area contributed by atoms with Gasteiger partial charge in [0, 0.05) is 10.7 Å². The number of aromatic nitrogens is 1. The standard InChI is InChI=1S/C12H11BrFN3O2S/c1-7-2-3-9(14)5-10(7)17-20(18,19)11-4-8(13)6-16-12(11)15/h2-6,17H,1H3,(H2,15,16). The fourth-order valence-corrected chi connectivity index (χ4v) is 3.26. The van der Waals surface area contributed by atoms with Crippen molar-refractivity contribution < 1.29 is 12.8 Å². The second-order valence-corrected chi connectivity index (χ2v) is 6.67. The zero-order valence-electron chi connectivity index (χ0n) is 10.4. The highest BCUT2D eigenvalue weighted by Gasteiger charge is 2.20. The third kappa shape index (κ3) is 3.07. The van der Waals surface area contributed by atoms with Gasteiger partial charge in [-0.1, -0.05) is 6.07 Å². The minimum absolute atomic E-state index is 0.130. The molecule has 0 spiro atoms. The summed E-state index contributed by atoms with van der Waals surface area (Å²) in [6.45, 7) is 1.67. The highest BCUT2D eigenvalue weighted by molar-refractivity contribution is 9.10. The minimum Gasteiger partial charge on any atom is -0.383 e. The number of anilines is 2. The van der Waals surface area contributed by atoms with E-state index in [9.17, 15) is 12.8 Å². The van der Waals surface area contributed by atoms with Crippen molar-refractivity contribution in [3.8, 4) is 0 Å². The molecule has 106 valence electrons. The molecule has 1 aromatic heterocycles. The molecule has 2 rings (SSSR count). The number of hydrogen-bond acceptors (Lipinski definition) is 4. The van der Waals surface area contributed by atoms with E-state index in [1.54, 1.807) is 6.92 Å². The van der Waals surface area contributed by atoms with Crippen LogP contribution in [0.3, 0.4) is 0 Å². The van der Waals surface area contributed by atoms with Crippen LogP contribution >= 0.6 is 15.9 Å². The average molecular weight is 360 g/mol. The molecule has 3 N–H and O–H groups in total. The van der Waals surface area contributed by atoms with Gasteiger partial charge in [0.1, 0.15) is 16.5 Å². The first-order chi connectivity index (χ1) is 9.29. The van der Waals surface area contributed by atoms with Crippen LogP contribution in [0.5, 0.6) is 0 Å². The monoisotopic (exact) mass is 359 g/mol. The lowest BCUT2D eigenvalue weighted by molar-refractivity contribution is 0.601. The van der Waals surface area contributed by atoms with Crippen LogP contribution in [0.4, 0.5) is 15.9 Å². The molecule has 0 saturated heterocycles. The van der Waals surface area contributed by atoms with Crippen LogP contribution < -0.4 is 10.5 Å². The topological polar surface area (TPSA) is 85.1 Å². The van der Waals surface area contributed by atoms with Crippen LogP contribution in [0, 0.1) is 12.7 Å². The molecule has 0 unspecified atom stereocenters. The van der Waals surface area contributed by atoms with Crippen LogP contribution in [0.2, 0.25) is 0 Å². The molecule has 0 saturated carbocycles. The average Bonchev–Trinajstić information content (AvgIpc) is 2.36. The van der Waals surface area contributed by atoms with Crippen molar-refractivity contribution in [2.75, 3.05) is 10.5 Å². The maximum Gasteiger partial charge on any atom is 0.265 e. The zero-order valence-corrected chi connectivity index (χ0v) is 12.8. The summed E-state index contributed by atoms with van der Waals surface area (Å²) in [5, 5.41) is 0. The Bertz CT molecular complexity index is 765. The molecule has 20 heavy (non-hydrogen) atoms. The van der Waals surface area contributed by atoms with Crippen LogP contribution in [0.1, 0.15) is 5.56 Å². The van der Waals surface area contributed by atoms with Crippen LogP contribution in [-0.4, -0.2) is 13.4 Å². The maximum atomic E-state index is 13.2. The molecule has 0 amide bonds. The van der Waals surface area contributed by atoms with Crippen molar-refractivity contribution in [3.63, 3.8) is 0 Å². The normalized spacial score (nSPS) is 11.3. The van der Waals surface area contributed by atoms with E-state index in [0.717, 1.165) is 6.07 Å². The van der Waals surface area contributed by atoms with E-state index in [0.29, 0.717) is 10.0 Å². The molecule has 5 nitrogen and oxygen atoms in total. The Morgan fingerprint density at radius 1 is 1.35 bits per heavy atom. The number of nitrogens with zero attached hydrogens (tertiary/aromatic N) is 1. The van der Waals surface area contributed by atoms with Gasteiger partial charge >= 0.3 is 0 Å². The Balaban J connectivity index is 2.46. The summed E-state index contributed by atoms with van der Waals surface area (Å²) in [7, 11) is -3.94. The first-order valence-corrected chi connectivity index (χ1v) is 7.77. The van der Waals surface area contributed by atoms with E-state index in [2.05, 4.69) is 25.6 Å². The Morgan fingerprint density at radius 3 is 2.75 bits per heavy atom. The van der Waals surface area contributed by atoms with Gasteiger partial charge in [-0.2, -0.15) is 0 Å². The summed E-state index contributed by atoms with van der Waals surface area (Å²) in [6.07, 6.45) is 1.39. The zero-order chi connectivity index (χ0) is 14.9. The van der Waals surface area contributed by atoms with Gasteiger partial charge in [0.2, 0.25) is 0 Å². The smallest absolute Gasteiger partial charge is 0.265 e. The summed E-state index contributed by atoms with van der Waals surface area (Å²) in [6, 6.07) is 5.17. The summed E-state index contributed by atoms with van der Waals surface area (Å²) >= 11 is 3.13. The molecule has 2 aromatic rings. The van der Waals surface area contributed by atoms with Crippen molar-refractivity contribution in [1.82, 2.24) is 4.98 Å². The minimum atomic E-state index is -3.94. The van der Waals surface area contributed by atoms with Crippen molar-refractivity contribution in [2.45, 2.75) is 11.8 Å².